The Morgan fingerprint density at radius 1 is 1.15 bits per heavy atom. The molecule has 0 aliphatic heterocycles. The number of anilines is 1. The van der Waals surface area contributed by atoms with Gasteiger partial charge >= 0.3 is 0 Å². The van der Waals surface area contributed by atoms with Crippen LogP contribution in [0.15, 0.2) is 54.6 Å². The Hall–Kier alpha value is -1.99. The van der Waals surface area contributed by atoms with E-state index in [9.17, 15) is 13.2 Å². The fraction of sp³-hybridized carbons (Fsp3) is 0.350. The van der Waals surface area contributed by atoms with E-state index in [2.05, 4.69) is 17.4 Å². The number of nitrogens with zero attached hydrogens (tertiary/aromatic N) is 1. The molecule has 2 rings (SSSR count). The van der Waals surface area contributed by atoms with Gasteiger partial charge in [0.1, 0.15) is 6.04 Å². The molecule has 1 N–H and O–H groups in total. The van der Waals surface area contributed by atoms with Crippen LogP contribution >= 0.6 is 11.8 Å². The fourth-order valence-electron chi connectivity index (χ4n) is 2.73. The number of carbonyl (C=O) groups excluding carboxylic acids is 1. The Balaban J connectivity index is 1.91. The molecule has 0 aromatic heterocycles. The molecule has 27 heavy (non-hydrogen) atoms. The zero-order valence-electron chi connectivity index (χ0n) is 15.9. The predicted molar refractivity (Wildman–Crippen MR) is 114 cm³/mol. The summed E-state index contributed by atoms with van der Waals surface area (Å²) >= 11 is 1.73. The second-order valence-corrected chi connectivity index (χ2v) is 9.37. The van der Waals surface area contributed by atoms with Gasteiger partial charge in [0.05, 0.1) is 11.9 Å². The van der Waals surface area contributed by atoms with Gasteiger partial charge in [0, 0.05) is 18.1 Å². The number of carbonyl (C=O) groups is 1. The monoisotopic (exact) mass is 406 g/mol. The van der Waals surface area contributed by atoms with Crippen LogP contribution in [0, 0.1) is 6.92 Å². The summed E-state index contributed by atoms with van der Waals surface area (Å²) in [5.41, 5.74) is 2.68. The third-order valence-corrected chi connectivity index (χ3v) is 6.27. The summed E-state index contributed by atoms with van der Waals surface area (Å²) in [5, 5.41) is 2.84. The van der Waals surface area contributed by atoms with Crippen LogP contribution in [0.2, 0.25) is 0 Å². The lowest BCUT2D eigenvalue weighted by Gasteiger charge is -2.28. The highest BCUT2D eigenvalue weighted by Gasteiger charge is 2.28. The Bertz CT molecular complexity index is 855. The van der Waals surface area contributed by atoms with Crippen molar-refractivity contribution in [3.63, 3.8) is 0 Å². The molecule has 0 saturated carbocycles. The standard InChI is InChI=1S/C20H26N2O3S2/c1-16-8-7-11-19(14-16)22(27(3,24)25)17(2)20(23)21-12-13-26-15-18-9-5-4-6-10-18/h4-11,14,17H,12-13,15H2,1-3H3,(H,21,23). The molecule has 2 aromatic rings. The van der Waals surface area contributed by atoms with Crippen LogP contribution in [0.25, 0.3) is 0 Å². The molecule has 0 aliphatic carbocycles. The third kappa shape index (κ3) is 6.59. The average molecular weight is 407 g/mol. The number of benzene rings is 2. The summed E-state index contributed by atoms with van der Waals surface area (Å²) in [4.78, 5) is 12.5. The van der Waals surface area contributed by atoms with Crippen molar-refractivity contribution in [2.45, 2.75) is 25.6 Å². The lowest BCUT2D eigenvalue weighted by atomic mass is 10.2. The summed E-state index contributed by atoms with van der Waals surface area (Å²) < 4.78 is 25.7. The number of sulfonamides is 1. The molecule has 5 nitrogen and oxygen atoms in total. The number of amides is 1. The van der Waals surface area contributed by atoms with Gasteiger partial charge in [0.2, 0.25) is 15.9 Å². The first-order valence-electron chi connectivity index (χ1n) is 8.74. The number of hydrogen-bond donors (Lipinski definition) is 1. The zero-order chi connectivity index (χ0) is 19.9. The van der Waals surface area contributed by atoms with E-state index in [1.807, 2.05) is 31.2 Å². The minimum atomic E-state index is -3.58. The van der Waals surface area contributed by atoms with Crippen molar-refractivity contribution in [3.05, 3.63) is 65.7 Å². The molecule has 0 fully saturated rings. The molecule has 0 radical (unpaired) electrons. The Labute approximate surface area is 166 Å². The van der Waals surface area contributed by atoms with Crippen LogP contribution in [0.4, 0.5) is 5.69 Å². The summed E-state index contributed by atoms with van der Waals surface area (Å²) in [6, 6.07) is 16.5. The van der Waals surface area contributed by atoms with Crippen LogP contribution in [0.3, 0.4) is 0 Å². The molecule has 0 spiro atoms. The van der Waals surface area contributed by atoms with E-state index in [0.717, 1.165) is 23.3 Å². The molecule has 146 valence electrons. The smallest absolute Gasteiger partial charge is 0.243 e. The number of nitrogens with one attached hydrogen (secondary N) is 1. The van der Waals surface area contributed by atoms with Gasteiger partial charge in [-0.2, -0.15) is 11.8 Å². The maximum absolute atomic E-state index is 12.5. The van der Waals surface area contributed by atoms with Crippen molar-refractivity contribution in [1.82, 2.24) is 5.32 Å². The second-order valence-electron chi connectivity index (χ2n) is 6.40. The van der Waals surface area contributed by atoms with Gasteiger partial charge in [0.25, 0.3) is 0 Å². The second kappa shape index (κ2) is 9.80. The van der Waals surface area contributed by atoms with E-state index in [1.165, 1.54) is 9.87 Å². The summed E-state index contributed by atoms with van der Waals surface area (Å²) in [6.07, 6.45) is 1.12. The molecular weight excluding hydrogens is 380 g/mol. The van der Waals surface area contributed by atoms with Crippen LogP contribution in [0.1, 0.15) is 18.1 Å². The number of rotatable bonds is 9. The molecule has 1 unspecified atom stereocenters. The minimum absolute atomic E-state index is 0.303. The molecular formula is C20H26N2O3S2. The van der Waals surface area contributed by atoms with Gasteiger partial charge in [-0.3, -0.25) is 9.10 Å². The van der Waals surface area contributed by atoms with E-state index in [-0.39, 0.29) is 5.91 Å². The van der Waals surface area contributed by atoms with E-state index in [4.69, 9.17) is 0 Å². The quantitative estimate of drug-likeness (QED) is 0.650. The predicted octanol–water partition coefficient (Wildman–Crippen LogP) is 3.20. The first kappa shape index (κ1) is 21.3. The molecule has 1 amide bonds. The molecule has 1 atom stereocenters. The van der Waals surface area contributed by atoms with Crippen molar-refractivity contribution in [1.29, 1.82) is 0 Å². The van der Waals surface area contributed by atoms with Gasteiger partial charge in [-0.15, -0.1) is 0 Å². The molecule has 0 saturated heterocycles. The Morgan fingerprint density at radius 2 is 1.85 bits per heavy atom. The van der Waals surface area contributed by atoms with Crippen molar-refractivity contribution in [2.24, 2.45) is 0 Å². The van der Waals surface area contributed by atoms with Gasteiger partial charge in [0.15, 0.2) is 0 Å². The molecule has 7 heteroatoms. The minimum Gasteiger partial charge on any atom is -0.353 e. The highest BCUT2D eigenvalue weighted by atomic mass is 32.2. The number of aryl methyl sites for hydroxylation is 1. The van der Waals surface area contributed by atoms with Crippen LogP contribution < -0.4 is 9.62 Å². The number of thioether (sulfide) groups is 1. The average Bonchev–Trinajstić information content (AvgIpc) is 2.61. The lowest BCUT2D eigenvalue weighted by Crippen LogP contribution is -2.48. The van der Waals surface area contributed by atoms with Gasteiger partial charge < -0.3 is 5.32 Å². The van der Waals surface area contributed by atoms with Gasteiger partial charge in [-0.1, -0.05) is 42.5 Å². The highest BCUT2D eigenvalue weighted by Crippen LogP contribution is 2.22. The summed E-state index contributed by atoms with van der Waals surface area (Å²) in [5.74, 6) is 1.34. The van der Waals surface area contributed by atoms with Crippen molar-refractivity contribution in [2.75, 3.05) is 22.9 Å². The van der Waals surface area contributed by atoms with Gasteiger partial charge in [-0.25, -0.2) is 8.42 Å². The van der Waals surface area contributed by atoms with Gasteiger partial charge in [-0.05, 0) is 37.1 Å². The van der Waals surface area contributed by atoms with E-state index in [0.29, 0.717) is 12.2 Å². The topological polar surface area (TPSA) is 66.5 Å². The largest absolute Gasteiger partial charge is 0.353 e. The van der Waals surface area contributed by atoms with E-state index in [1.54, 1.807) is 36.9 Å². The molecule has 0 bridgehead atoms. The number of hydrogen-bond acceptors (Lipinski definition) is 4. The van der Waals surface area contributed by atoms with E-state index < -0.39 is 16.1 Å². The Kier molecular flexibility index (Phi) is 7.74. The molecule has 0 aliphatic rings. The van der Waals surface area contributed by atoms with Crippen molar-refractivity contribution in [3.8, 4) is 0 Å². The lowest BCUT2D eigenvalue weighted by molar-refractivity contribution is -0.121. The van der Waals surface area contributed by atoms with Crippen LogP contribution in [-0.4, -0.2) is 38.9 Å². The fourth-order valence-corrected chi connectivity index (χ4v) is 4.72. The summed E-state index contributed by atoms with van der Waals surface area (Å²) in [7, 11) is -3.58. The van der Waals surface area contributed by atoms with Crippen molar-refractivity contribution >= 4 is 33.4 Å². The van der Waals surface area contributed by atoms with Crippen molar-refractivity contribution < 1.29 is 13.2 Å². The third-order valence-electron chi connectivity index (χ3n) is 4.00. The maximum Gasteiger partial charge on any atom is 0.243 e. The van der Waals surface area contributed by atoms with Crippen LogP contribution in [0.5, 0.6) is 0 Å². The normalized spacial score (nSPS) is 12.4. The zero-order valence-corrected chi connectivity index (χ0v) is 17.5. The van der Waals surface area contributed by atoms with E-state index >= 15 is 0 Å². The maximum atomic E-state index is 12.5. The Morgan fingerprint density at radius 3 is 2.48 bits per heavy atom. The highest BCUT2D eigenvalue weighted by molar-refractivity contribution is 7.98. The molecule has 0 heterocycles. The first-order valence-corrected chi connectivity index (χ1v) is 11.7. The molecule has 2 aromatic carbocycles. The summed E-state index contributed by atoms with van der Waals surface area (Å²) in [6.45, 7) is 3.99. The first-order chi connectivity index (χ1) is 12.8. The van der Waals surface area contributed by atoms with Crippen LogP contribution in [-0.2, 0) is 20.6 Å². The SMILES string of the molecule is Cc1cccc(N(C(C)C(=O)NCCSCc2ccccc2)S(C)(=O)=O)c1.